The Morgan fingerprint density at radius 2 is 1.68 bits per heavy atom. The summed E-state index contributed by atoms with van der Waals surface area (Å²) < 4.78 is 26.2. The fourth-order valence-electron chi connectivity index (χ4n) is 4.52. The molecule has 0 saturated carbocycles. The van der Waals surface area contributed by atoms with Crippen molar-refractivity contribution in [2.75, 3.05) is 11.5 Å². The lowest BCUT2D eigenvalue weighted by atomic mass is 10.1. The zero-order valence-electron chi connectivity index (χ0n) is 20.1. The van der Waals surface area contributed by atoms with Crippen LogP contribution in [-0.4, -0.2) is 46.6 Å². The van der Waals surface area contributed by atoms with Crippen LogP contribution < -0.4 is 0 Å². The van der Waals surface area contributed by atoms with E-state index in [-0.39, 0.29) is 24.0 Å². The number of sulfone groups is 1. The van der Waals surface area contributed by atoms with Crippen molar-refractivity contribution < 1.29 is 13.2 Å². The first-order valence-electron chi connectivity index (χ1n) is 12.0. The molecule has 1 aliphatic heterocycles. The van der Waals surface area contributed by atoms with Gasteiger partial charge < -0.3 is 4.90 Å². The smallest absolute Gasteiger partial charge is 0.247 e. The van der Waals surface area contributed by atoms with Crippen molar-refractivity contribution in [1.29, 1.82) is 0 Å². The van der Waals surface area contributed by atoms with E-state index in [1.165, 1.54) is 6.08 Å². The first kappa shape index (κ1) is 25.0. The molecule has 5 rings (SSSR count). The van der Waals surface area contributed by atoms with Crippen LogP contribution >= 0.6 is 11.6 Å². The third kappa shape index (κ3) is 5.84. The quantitative estimate of drug-likeness (QED) is 0.298. The fraction of sp³-hybridized carbons (Fsp3) is 0.172. The number of rotatable bonds is 7. The van der Waals surface area contributed by atoms with Gasteiger partial charge in [0, 0.05) is 41.0 Å². The lowest BCUT2D eigenvalue weighted by Gasteiger charge is -2.27. The molecular weight excluding hydrogens is 506 g/mol. The minimum absolute atomic E-state index is 0.0434. The van der Waals surface area contributed by atoms with Crippen LogP contribution in [0, 0.1) is 0 Å². The minimum atomic E-state index is -3.18. The van der Waals surface area contributed by atoms with E-state index in [1.54, 1.807) is 21.7 Å². The summed E-state index contributed by atoms with van der Waals surface area (Å²) in [5.41, 5.74) is 4.13. The largest absolute Gasteiger partial charge is 0.331 e. The summed E-state index contributed by atoms with van der Waals surface area (Å²) in [5.74, 6) is -0.234. The van der Waals surface area contributed by atoms with Crippen LogP contribution in [0.3, 0.4) is 0 Å². The molecule has 1 fully saturated rings. The molecule has 6 nitrogen and oxygen atoms in total. The Balaban J connectivity index is 1.48. The van der Waals surface area contributed by atoms with Crippen molar-refractivity contribution in [2.45, 2.75) is 19.0 Å². The van der Waals surface area contributed by atoms with E-state index in [9.17, 15) is 13.2 Å². The van der Waals surface area contributed by atoms with Crippen LogP contribution in [0.15, 0.2) is 97.2 Å². The molecule has 37 heavy (non-hydrogen) atoms. The third-order valence-corrected chi connectivity index (χ3v) is 8.57. The maximum Gasteiger partial charge on any atom is 0.247 e. The Morgan fingerprint density at radius 1 is 1.00 bits per heavy atom. The van der Waals surface area contributed by atoms with Gasteiger partial charge in [-0.15, -0.1) is 0 Å². The number of nitrogens with zero attached hydrogens (tertiary/aromatic N) is 3. The van der Waals surface area contributed by atoms with Crippen LogP contribution in [-0.2, 0) is 21.2 Å². The van der Waals surface area contributed by atoms with Crippen molar-refractivity contribution in [2.24, 2.45) is 0 Å². The van der Waals surface area contributed by atoms with Gasteiger partial charge in [-0.2, -0.15) is 5.10 Å². The van der Waals surface area contributed by atoms with Crippen molar-refractivity contribution in [3.63, 3.8) is 0 Å². The number of hydrogen-bond donors (Lipinski definition) is 0. The molecule has 1 aliphatic rings. The summed E-state index contributed by atoms with van der Waals surface area (Å²) in [5, 5.41) is 5.34. The molecule has 1 saturated heterocycles. The van der Waals surface area contributed by atoms with Gasteiger partial charge in [0.05, 0.1) is 22.9 Å². The van der Waals surface area contributed by atoms with Crippen LogP contribution in [0.2, 0.25) is 5.02 Å². The molecule has 188 valence electrons. The second-order valence-corrected chi connectivity index (χ2v) is 11.7. The van der Waals surface area contributed by atoms with Crippen molar-refractivity contribution in [3.8, 4) is 16.9 Å². The molecule has 8 heteroatoms. The lowest BCUT2D eigenvalue weighted by molar-refractivity contribution is -0.128. The standard InChI is InChI=1S/C29H26ClN3O3S/c30-27-14-8-7-11-23(27)19-32(26-17-18-37(35,36)21-26)28(34)16-15-24-20-33(25-12-5-2-6-13-25)31-29(24)22-9-3-1-4-10-22/h1-16,20,26H,17-19,21H2/b16-15+. The van der Waals surface area contributed by atoms with Crippen LogP contribution in [0.4, 0.5) is 0 Å². The number of halogens is 1. The predicted molar refractivity (Wildman–Crippen MR) is 147 cm³/mol. The summed E-state index contributed by atoms with van der Waals surface area (Å²) in [7, 11) is -3.18. The van der Waals surface area contributed by atoms with Crippen molar-refractivity contribution >= 4 is 33.4 Å². The number of benzene rings is 3. The van der Waals surface area contributed by atoms with E-state index in [0.717, 1.165) is 28.1 Å². The lowest BCUT2D eigenvalue weighted by Crippen LogP contribution is -2.39. The second-order valence-electron chi connectivity index (χ2n) is 9.03. The highest BCUT2D eigenvalue weighted by molar-refractivity contribution is 7.91. The highest BCUT2D eigenvalue weighted by Gasteiger charge is 2.34. The molecule has 0 aliphatic carbocycles. The maximum atomic E-state index is 13.5. The molecule has 1 atom stereocenters. The number of carbonyl (C=O) groups is 1. The van der Waals surface area contributed by atoms with Gasteiger partial charge in [-0.3, -0.25) is 4.79 Å². The molecule has 2 heterocycles. The molecule has 4 aromatic rings. The summed E-state index contributed by atoms with van der Waals surface area (Å²) in [6.07, 6.45) is 5.55. The van der Waals surface area contributed by atoms with Gasteiger partial charge in [0.1, 0.15) is 0 Å². The minimum Gasteiger partial charge on any atom is -0.331 e. The molecule has 0 radical (unpaired) electrons. The van der Waals surface area contributed by atoms with E-state index < -0.39 is 15.9 Å². The fourth-order valence-corrected chi connectivity index (χ4v) is 6.44. The zero-order valence-corrected chi connectivity index (χ0v) is 21.6. The Kier molecular flexibility index (Phi) is 7.26. The van der Waals surface area contributed by atoms with Gasteiger partial charge >= 0.3 is 0 Å². The predicted octanol–water partition coefficient (Wildman–Crippen LogP) is 5.42. The highest BCUT2D eigenvalue weighted by atomic mass is 35.5. The van der Waals surface area contributed by atoms with Gasteiger partial charge in [-0.25, -0.2) is 13.1 Å². The summed E-state index contributed by atoms with van der Waals surface area (Å²) in [4.78, 5) is 15.1. The molecular formula is C29H26ClN3O3S. The molecule has 3 aromatic carbocycles. The molecule has 1 unspecified atom stereocenters. The van der Waals surface area contributed by atoms with Crippen molar-refractivity contribution in [3.05, 3.63) is 113 Å². The second kappa shape index (κ2) is 10.7. The summed E-state index contributed by atoms with van der Waals surface area (Å²) >= 11 is 6.37. The molecule has 0 spiro atoms. The molecule has 0 N–H and O–H groups in total. The summed E-state index contributed by atoms with van der Waals surface area (Å²) in [6.45, 7) is 0.234. The maximum absolute atomic E-state index is 13.5. The Bertz CT molecular complexity index is 1530. The molecule has 0 bridgehead atoms. The van der Waals surface area contributed by atoms with Crippen molar-refractivity contribution in [1.82, 2.24) is 14.7 Å². The Hall–Kier alpha value is -3.68. The summed E-state index contributed by atoms with van der Waals surface area (Å²) in [6, 6.07) is 26.5. The Labute approximate surface area is 221 Å². The topological polar surface area (TPSA) is 72.3 Å². The molecule has 1 aromatic heterocycles. The monoisotopic (exact) mass is 531 g/mol. The first-order chi connectivity index (χ1) is 17.9. The number of amides is 1. The van der Waals surface area contributed by atoms with Crippen LogP contribution in [0.5, 0.6) is 0 Å². The number of para-hydroxylation sites is 1. The number of aromatic nitrogens is 2. The zero-order chi connectivity index (χ0) is 25.8. The highest BCUT2D eigenvalue weighted by Crippen LogP contribution is 2.27. The van der Waals surface area contributed by atoms with Gasteiger partial charge in [0.2, 0.25) is 5.91 Å². The van der Waals surface area contributed by atoms with E-state index >= 15 is 0 Å². The normalized spacial score (nSPS) is 16.7. The Morgan fingerprint density at radius 3 is 2.35 bits per heavy atom. The van der Waals surface area contributed by atoms with Gasteiger partial charge in [-0.05, 0) is 36.3 Å². The van der Waals surface area contributed by atoms with E-state index in [1.807, 2.05) is 85.1 Å². The van der Waals surface area contributed by atoms with Gasteiger partial charge in [0.15, 0.2) is 9.84 Å². The average Bonchev–Trinajstić information content (AvgIpc) is 3.51. The van der Waals surface area contributed by atoms with Gasteiger partial charge in [0.25, 0.3) is 0 Å². The van der Waals surface area contributed by atoms with E-state index in [2.05, 4.69) is 0 Å². The molecule has 1 amide bonds. The van der Waals surface area contributed by atoms with E-state index in [0.29, 0.717) is 11.4 Å². The average molecular weight is 532 g/mol. The first-order valence-corrected chi connectivity index (χ1v) is 14.2. The van der Waals surface area contributed by atoms with E-state index in [4.69, 9.17) is 16.7 Å². The SMILES string of the molecule is O=C(/C=C/c1cn(-c2ccccc2)nc1-c1ccccc1)N(Cc1ccccc1Cl)C1CCS(=O)(=O)C1. The number of hydrogen-bond acceptors (Lipinski definition) is 4. The van der Waals surface area contributed by atoms with Crippen LogP contribution in [0.1, 0.15) is 17.5 Å². The van der Waals surface area contributed by atoms with Crippen LogP contribution in [0.25, 0.3) is 23.0 Å². The number of carbonyl (C=O) groups excluding carboxylic acids is 1. The third-order valence-electron chi connectivity index (χ3n) is 6.45. The van der Waals surface area contributed by atoms with Gasteiger partial charge in [-0.1, -0.05) is 78.3 Å².